The number of rotatable bonds is 9. The van der Waals surface area contributed by atoms with Crippen LogP contribution in [0.2, 0.25) is 0 Å². The molecule has 1 amide bonds. The molecule has 1 heterocycles. The minimum atomic E-state index is -0.621. The first kappa shape index (κ1) is 23.5. The molecule has 3 aromatic carbocycles. The Bertz CT molecular complexity index is 1340. The summed E-state index contributed by atoms with van der Waals surface area (Å²) in [7, 11) is 2.78. The lowest BCUT2D eigenvalue weighted by molar-refractivity contribution is -0.385. The molecule has 4 rings (SSSR count). The molecule has 9 heteroatoms. The fraction of sp³-hybridized carbons (Fsp3) is 0.154. The van der Waals surface area contributed by atoms with Crippen LogP contribution in [0.25, 0.3) is 11.3 Å². The van der Waals surface area contributed by atoms with Gasteiger partial charge in [-0.1, -0.05) is 60.7 Å². The normalized spacial score (nSPS) is 10.6. The summed E-state index contributed by atoms with van der Waals surface area (Å²) in [5.74, 6) is -0.208. The van der Waals surface area contributed by atoms with Crippen molar-refractivity contribution >= 4 is 11.6 Å². The first-order valence-corrected chi connectivity index (χ1v) is 10.8. The number of hydrogen-bond donors (Lipinski definition) is 1. The summed E-state index contributed by atoms with van der Waals surface area (Å²) in [5.41, 5.74) is 3.01. The minimum absolute atomic E-state index is 0.120. The third kappa shape index (κ3) is 5.30. The fourth-order valence-corrected chi connectivity index (χ4v) is 3.75. The number of carbonyl (C=O) groups is 1. The molecule has 0 saturated heterocycles. The van der Waals surface area contributed by atoms with E-state index in [4.69, 9.17) is 14.6 Å². The van der Waals surface area contributed by atoms with Crippen molar-refractivity contribution in [1.29, 1.82) is 0 Å². The van der Waals surface area contributed by atoms with Crippen molar-refractivity contribution in [2.45, 2.75) is 13.1 Å². The van der Waals surface area contributed by atoms with Gasteiger partial charge in [0.25, 0.3) is 11.6 Å². The van der Waals surface area contributed by atoms with E-state index >= 15 is 0 Å². The van der Waals surface area contributed by atoms with Crippen LogP contribution in [0.3, 0.4) is 0 Å². The number of amides is 1. The molecular formula is C26H24N4O5. The smallest absolute Gasteiger partial charge is 0.286 e. The zero-order chi connectivity index (χ0) is 24.8. The molecule has 9 nitrogen and oxygen atoms in total. The van der Waals surface area contributed by atoms with Crippen molar-refractivity contribution in [3.05, 3.63) is 106 Å². The van der Waals surface area contributed by atoms with E-state index in [0.717, 1.165) is 22.4 Å². The van der Waals surface area contributed by atoms with E-state index in [1.807, 2.05) is 71.5 Å². The molecule has 4 aromatic rings. The van der Waals surface area contributed by atoms with Gasteiger partial charge in [0.1, 0.15) is 5.56 Å². The number of nitrogens with one attached hydrogen (secondary N) is 1. The number of methoxy groups -OCH3 is 2. The average Bonchev–Trinajstić information content (AvgIpc) is 3.29. The maximum absolute atomic E-state index is 13.0. The van der Waals surface area contributed by atoms with Crippen LogP contribution in [-0.4, -0.2) is 34.8 Å². The van der Waals surface area contributed by atoms with Crippen molar-refractivity contribution in [3.8, 4) is 22.8 Å². The van der Waals surface area contributed by atoms with Gasteiger partial charge in [0, 0.05) is 29.9 Å². The number of hydrogen-bond acceptors (Lipinski definition) is 6. The van der Waals surface area contributed by atoms with Crippen LogP contribution in [0, 0.1) is 10.1 Å². The van der Waals surface area contributed by atoms with Crippen molar-refractivity contribution in [1.82, 2.24) is 15.1 Å². The molecule has 0 saturated carbocycles. The van der Waals surface area contributed by atoms with Crippen molar-refractivity contribution in [2.75, 3.05) is 14.2 Å². The van der Waals surface area contributed by atoms with Gasteiger partial charge in [-0.05, 0) is 5.56 Å². The monoisotopic (exact) mass is 472 g/mol. The number of aromatic nitrogens is 2. The summed E-state index contributed by atoms with van der Waals surface area (Å²) < 4.78 is 12.2. The lowest BCUT2D eigenvalue weighted by atomic mass is 10.1. The van der Waals surface area contributed by atoms with E-state index in [-0.39, 0.29) is 29.3 Å². The molecule has 0 spiro atoms. The van der Waals surface area contributed by atoms with Crippen molar-refractivity contribution in [2.24, 2.45) is 0 Å². The highest BCUT2D eigenvalue weighted by molar-refractivity contribution is 5.99. The first-order valence-electron chi connectivity index (χ1n) is 10.8. The molecule has 1 N–H and O–H groups in total. The second-order valence-corrected chi connectivity index (χ2v) is 7.72. The Morgan fingerprint density at radius 1 is 1.00 bits per heavy atom. The van der Waals surface area contributed by atoms with Crippen LogP contribution in [0.4, 0.5) is 5.69 Å². The molecule has 0 radical (unpaired) electrons. The average molecular weight is 473 g/mol. The largest absolute Gasteiger partial charge is 0.493 e. The van der Waals surface area contributed by atoms with Crippen LogP contribution in [0.15, 0.2) is 79.0 Å². The number of nitro benzene ring substituents is 1. The van der Waals surface area contributed by atoms with Crippen LogP contribution in [0.1, 0.15) is 21.5 Å². The van der Waals surface area contributed by atoms with Gasteiger partial charge < -0.3 is 14.8 Å². The van der Waals surface area contributed by atoms with Crippen LogP contribution < -0.4 is 14.8 Å². The van der Waals surface area contributed by atoms with Gasteiger partial charge in [0.15, 0.2) is 11.5 Å². The predicted molar refractivity (Wildman–Crippen MR) is 131 cm³/mol. The SMILES string of the molecule is COc1cc(C(=O)NCc2cn(Cc3ccccc3)nc2-c2ccccc2)c([N+](=O)[O-])cc1OC. The second kappa shape index (κ2) is 10.5. The van der Waals surface area contributed by atoms with Gasteiger partial charge >= 0.3 is 0 Å². The third-order valence-corrected chi connectivity index (χ3v) is 5.45. The van der Waals surface area contributed by atoms with E-state index in [2.05, 4.69) is 5.32 Å². The van der Waals surface area contributed by atoms with E-state index < -0.39 is 10.8 Å². The van der Waals surface area contributed by atoms with Crippen LogP contribution >= 0.6 is 0 Å². The molecule has 0 bridgehead atoms. The summed E-state index contributed by atoms with van der Waals surface area (Å²) in [6.45, 7) is 0.694. The zero-order valence-electron chi connectivity index (χ0n) is 19.3. The molecule has 1 aromatic heterocycles. The van der Waals surface area contributed by atoms with Crippen molar-refractivity contribution < 1.29 is 19.2 Å². The second-order valence-electron chi connectivity index (χ2n) is 7.72. The molecule has 0 aliphatic heterocycles. The minimum Gasteiger partial charge on any atom is -0.493 e. The van der Waals surface area contributed by atoms with Gasteiger partial charge in [0.05, 0.1) is 37.4 Å². The highest BCUT2D eigenvalue weighted by Crippen LogP contribution is 2.34. The Morgan fingerprint density at radius 2 is 1.63 bits per heavy atom. The van der Waals surface area contributed by atoms with Gasteiger partial charge in [-0.15, -0.1) is 0 Å². The molecular weight excluding hydrogens is 448 g/mol. The molecule has 0 unspecified atom stereocenters. The van der Waals surface area contributed by atoms with Crippen LogP contribution in [0.5, 0.6) is 11.5 Å². The molecule has 35 heavy (non-hydrogen) atoms. The van der Waals surface area contributed by atoms with E-state index in [9.17, 15) is 14.9 Å². The Morgan fingerprint density at radius 3 is 2.26 bits per heavy atom. The Kier molecular flexibility index (Phi) is 7.06. The Labute approximate surface area is 202 Å². The maximum Gasteiger partial charge on any atom is 0.286 e. The van der Waals surface area contributed by atoms with Crippen molar-refractivity contribution in [3.63, 3.8) is 0 Å². The molecule has 0 atom stereocenters. The molecule has 0 aliphatic carbocycles. The summed E-state index contributed by atoms with van der Waals surface area (Å²) in [4.78, 5) is 24.0. The van der Waals surface area contributed by atoms with Gasteiger partial charge in [0.2, 0.25) is 0 Å². The summed E-state index contributed by atoms with van der Waals surface area (Å²) in [5, 5.41) is 19.1. The Hall–Kier alpha value is -4.66. The first-order chi connectivity index (χ1) is 17.0. The summed E-state index contributed by atoms with van der Waals surface area (Å²) in [6, 6.07) is 22.1. The highest BCUT2D eigenvalue weighted by atomic mass is 16.6. The standard InChI is InChI=1S/C26H24N4O5/c1-34-23-13-21(22(30(32)33)14-24(23)35-2)26(31)27-15-20-17-29(16-18-9-5-3-6-10-18)28-25(20)19-11-7-4-8-12-19/h3-14,17H,15-16H2,1-2H3,(H,27,31). The predicted octanol–water partition coefficient (Wildman–Crippen LogP) is 4.45. The number of carbonyl (C=O) groups excluding carboxylic acids is 1. The molecule has 178 valence electrons. The van der Waals surface area contributed by atoms with Gasteiger partial charge in [-0.3, -0.25) is 19.6 Å². The van der Waals surface area contributed by atoms with Crippen LogP contribution in [-0.2, 0) is 13.1 Å². The summed E-state index contributed by atoms with van der Waals surface area (Å²) >= 11 is 0. The third-order valence-electron chi connectivity index (χ3n) is 5.45. The topological polar surface area (TPSA) is 109 Å². The number of nitro groups is 1. The summed E-state index contributed by atoms with van der Waals surface area (Å²) in [6.07, 6.45) is 1.87. The quantitative estimate of drug-likeness (QED) is 0.285. The molecule has 0 aliphatic rings. The number of benzene rings is 3. The zero-order valence-corrected chi connectivity index (χ0v) is 19.3. The number of ether oxygens (including phenoxy) is 2. The highest BCUT2D eigenvalue weighted by Gasteiger charge is 2.25. The van der Waals surface area contributed by atoms with Gasteiger partial charge in [-0.25, -0.2) is 0 Å². The fourth-order valence-electron chi connectivity index (χ4n) is 3.75. The van der Waals surface area contributed by atoms with E-state index in [0.29, 0.717) is 6.54 Å². The number of nitrogens with zero attached hydrogens (tertiary/aromatic N) is 3. The van der Waals surface area contributed by atoms with E-state index in [1.54, 1.807) is 0 Å². The van der Waals surface area contributed by atoms with E-state index in [1.165, 1.54) is 26.4 Å². The Balaban J connectivity index is 1.63. The van der Waals surface area contributed by atoms with Gasteiger partial charge in [-0.2, -0.15) is 5.10 Å². The molecule has 0 fully saturated rings. The lowest BCUT2D eigenvalue weighted by Gasteiger charge is -2.11. The maximum atomic E-state index is 13.0. The lowest BCUT2D eigenvalue weighted by Crippen LogP contribution is -2.24.